The molecule has 0 aliphatic rings. The molecule has 2 nitrogen and oxygen atoms in total. The first kappa shape index (κ1) is 14.0. The van der Waals surface area contributed by atoms with E-state index in [0.717, 1.165) is 11.1 Å². The van der Waals surface area contributed by atoms with Crippen LogP contribution in [0.1, 0.15) is 17.0 Å². The lowest BCUT2D eigenvalue weighted by Crippen LogP contribution is -1.98. The number of hydrogen-bond acceptors (Lipinski definition) is 2. The van der Waals surface area contributed by atoms with E-state index in [1.165, 1.54) is 12.1 Å². The Morgan fingerprint density at radius 2 is 1.39 bits per heavy atom. The van der Waals surface area contributed by atoms with Crippen molar-refractivity contribution in [2.75, 3.05) is 5.73 Å². The summed E-state index contributed by atoms with van der Waals surface area (Å²) in [5.74, 6) is -0.695. The number of benzene rings is 2. The Labute approximate surface area is 111 Å². The first-order valence-electron chi connectivity index (χ1n) is 5.21. The fraction of sp³-hybridized carbons (Fsp3) is 0.0714. The molecule has 0 aromatic heterocycles. The van der Waals surface area contributed by atoms with E-state index < -0.39 is 5.92 Å². The number of nitrogens with zero attached hydrogens (tertiary/aromatic N) is 1. The summed E-state index contributed by atoms with van der Waals surface area (Å²) in [5.41, 5.74) is 7.88. The molecule has 0 bridgehead atoms. The predicted octanol–water partition coefficient (Wildman–Crippen LogP) is 3.49. The summed E-state index contributed by atoms with van der Waals surface area (Å²) in [6.07, 6.45) is 0. The molecule has 0 aliphatic carbocycles. The van der Waals surface area contributed by atoms with Crippen molar-refractivity contribution in [1.82, 2.24) is 0 Å². The Morgan fingerprint density at radius 3 is 1.83 bits per heavy atom. The molecule has 18 heavy (non-hydrogen) atoms. The highest BCUT2D eigenvalue weighted by atomic mass is 35.5. The molecule has 0 amide bonds. The van der Waals surface area contributed by atoms with Gasteiger partial charge in [0.05, 0.1) is 12.0 Å². The third-order valence-electron chi connectivity index (χ3n) is 2.60. The van der Waals surface area contributed by atoms with Gasteiger partial charge in [-0.2, -0.15) is 5.26 Å². The lowest BCUT2D eigenvalue weighted by molar-refractivity contribution is 0.627. The molecule has 4 heteroatoms. The standard InChI is InChI=1S/C14H11FN2.ClH/c15-12-5-1-10(2-6-12)14(9-16)11-3-7-13(17)8-4-11;/h1-8,14H,17H2;1H. The van der Waals surface area contributed by atoms with Crippen LogP contribution in [0.4, 0.5) is 10.1 Å². The zero-order valence-electron chi connectivity index (χ0n) is 9.51. The maximum absolute atomic E-state index is 12.8. The molecule has 0 saturated carbocycles. The van der Waals surface area contributed by atoms with Gasteiger partial charge in [-0.3, -0.25) is 0 Å². The summed E-state index contributed by atoms with van der Waals surface area (Å²) in [5, 5.41) is 9.20. The van der Waals surface area contributed by atoms with Crippen molar-refractivity contribution in [2.45, 2.75) is 5.92 Å². The summed E-state index contributed by atoms with van der Waals surface area (Å²) in [4.78, 5) is 0. The van der Waals surface area contributed by atoms with Crippen LogP contribution in [0.3, 0.4) is 0 Å². The third kappa shape index (κ3) is 2.99. The van der Waals surface area contributed by atoms with E-state index in [1.807, 2.05) is 12.1 Å². The van der Waals surface area contributed by atoms with Crippen LogP contribution in [0.5, 0.6) is 0 Å². The van der Waals surface area contributed by atoms with E-state index in [0.29, 0.717) is 5.69 Å². The van der Waals surface area contributed by atoms with Gasteiger partial charge in [0.2, 0.25) is 0 Å². The number of nitrogen functional groups attached to an aromatic ring is 1. The number of nitriles is 1. The van der Waals surface area contributed by atoms with Gasteiger partial charge in [-0.25, -0.2) is 4.39 Å². The lowest BCUT2D eigenvalue weighted by atomic mass is 9.92. The lowest BCUT2D eigenvalue weighted by Gasteiger charge is -2.10. The molecule has 1 unspecified atom stereocenters. The maximum Gasteiger partial charge on any atom is 0.123 e. The molecule has 2 aromatic rings. The monoisotopic (exact) mass is 262 g/mol. The van der Waals surface area contributed by atoms with Gasteiger partial charge < -0.3 is 5.73 Å². The van der Waals surface area contributed by atoms with Crippen LogP contribution in [-0.4, -0.2) is 0 Å². The minimum atomic E-state index is -0.392. The van der Waals surface area contributed by atoms with Gasteiger partial charge in [-0.1, -0.05) is 24.3 Å². The normalized spacial score (nSPS) is 11.1. The Kier molecular flexibility index (Phi) is 4.70. The van der Waals surface area contributed by atoms with Crippen molar-refractivity contribution >= 4 is 18.1 Å². The number of halogens is 2. The van der Waals surface area contributed by atoms with Crippen LogP contribution in [0, 0.1) is 17.1 Å². The van der Waals surface area contributed by atoms with E-state index in [9.17, 15) is 9.65 Å². The molecule has 0 spiro atoms. The average molecular weight is 263 g/mol. The number of hydrogen-bond donors (Lipinski definition) is 1. The zero-order valence-corrected chi connectivity index (χ0v) is 10.3. The molecule has 2 rings (SSSR count). The van der Waals surface area contributed by atoms with Crippen molar-refractivity contribution in [3.8, 4) is 6.07 Å². The Balaban J connectivity index is 0.00000162. The fourth-order valence-electron chi connectivity index (χ4n) is 1.69. The van der Waals surface area contributed by atoms with Crippen LogP contribution < -0.4 is 5.73 Å². The summed E-state index contributed by atoms with van der Waals surface area (Å²) in [6, 6.07) is 15.3. The molecule has 0 fully saturated rings. The summed E-state index contributed by atoms with van der Waals surface area (Å²) in [7, 11) is 0. The second-order valence-electron chi connectivity index (χ2n) is 3.78. The fourth-order valence-corrected chi connectivity index (χ4v) is 1.69. The summed E-state index contributed by atoms with van der Waals surface area (Å²) in [6.45, 7) is 0. The SMILES string of the molecule is Cl.N#CC(c1ccc(N)cc1)c1ccc(F)cc1. The highest BCUT2D eigenvalue weighted by molar-refractivity contribution is 5.85. The quantitative estimate of drug-likeness (QED) is 0.843. The summed E-state index contributed by atoms with van der Waals surface area (Å²) >= 11 is 0. The number of anilines is 1. The van der Waals surface area contributed by atoms with Crippen molar-refractivity contribution < 1.29 is 4.39 Å². The second kappa shape index (κ2) is 6.04. The zero-order chi connectivity index (χ0) is 12.3. The first-order chi connectivity index (χ1) is 8.20. The molecule has 2 aromatic carbocycles. The van der Waals surface area contributed by atoms with Gasteiger partial charge >= 0.3 is 0 Å². The second-order valence-corrected chi connectivity index (χ2v) is 3.78. The molecular weight excluding hydrogens is 251 g/mol. The minimum Gasteiger partial charge on any atom is -0.399 e. The van der Waals surface area contributed by atoms with Crippen LogP contribution in [0.25, 0.3) is 0 Å². The highest BCUT2D eigenvalue weighted by Crippen LogP contribution is 2.24. The topological polar surface area (TPSA) is 49.8 Å². The van der Waals surface area contributed by atoms with Gasteiger partial charge in [0.15, 0.2) is 0 Å². The van der Waals surface area contributed by atoms with Gasteiger partial charge in [0.25, 0.3) is 0 Å². The van der Waals surface area contributed by atoms with Crippen LogP contribution in [0.2, 0.25) is 0 Å². The summed E-state index contributed by atoms with van der Waals surface area (Å²) < 4.78 is 12.8. The third-order valence-corrected chi connectivity index (χ3v) is 2.60. The average Bonchev–Trinajstić information content (AvgIpc) is 2.35. The molecule has 2 N–H and O–H groups in total. The van der Waals surface area contributed by atoms with Gasteiger partial charge in [-0.05, 0) is 35.4 Å². The Morgan fingerprint density at radius 1 is 0.944 bits per heavy atom. The van der Waals surface area contributed by atoms with Crippen molar-refractivity contribution in [1.29, 1.82) is 5.26 Å². The van der Waals surface area contributed by atoms with Crippen molar-refractivity contribution in [3.05, 3.63) is 65.5 Å². The predicted molar refractivity (Wildman–Crippen MR) is 72.0 cm³/mol. The van der Waals surface area contributed by atoms with E-state index in [4.69, 9.17) is 5.73 Å². The van der Waals surface area contributed by atoms with Crippen LogP contribution in [-0.2, 0) is 0 Å². The molecule has 1 atom stereocenters. The van der Waals surface area contributed by atoms with Crippen LogP contribution in [0.15, 0.2) is 48.5 Å². The van der Waals surface area contributed by atoms with Crippen molar-refractivity contribution in [3.63, 3.8) is 0 Å². The number of nitrogens with two attached hydrogens (primary N) is 1. The molecule has 0 aliphatic heterocycles. The van der Waals surface area contributed by atoms with Gasteiger partial charge in [0.1, 0.15) is 5.82 Å². The minimum absolute atomic E-state index is 0. The van der Waals surface area contributed by atoms with Gasteiger partial charge in [-0.15, -0.1) is 12.4 Å². The van der Waals surface area contributed by atoms with E-state index in [1.54, 1.807) is 24.3 Å². The Bertz CT molecular complexity index is 498. The van der Waals surface area contributed by atoms with Crippen LogP contribution >= 0.6 is 12.4 Å². The Hall–Kier alpha value is -2.05. The molecule has 0 saturated heterocycles. The molecule has 0 radical (unpaired) electrons. The maximum atomic E-state index is 12.8. The molecule has 92 valence electrons. The molecule has 0 heterocycles. The van der Waals surface area contributed by atoms with E-state index >= 15 is 0 Å². The smallest absolute Gasteiger partial charge is 0.123 e. The van der Waals surface area contributed by atoms with E-state index in [2.05, 4.69) is 6.07 Å². The first-order valence-corrected chi connectivity index (χ1v) is 5.21. The highest BCUT2D eigenvalue weighted by Gasteiger charge is 2.12. The number of rotatable bonds is 2. The van der Waals surface area contributed by atoms with Gasteiger partial charge in [0, 0.05) is 5.69 Å². The largest absolute Gasteiger partial charge is 0.399 e. The van der Waals surface area contributed by atoms with E-state index in [-0.39, 0.29) is 18.2 Å². The van der Waals surface area contributed by atoms with Crippen molar-refractivity contribution in [2.24, 2.45) is 0 Å². The molecular formula is C14H12ClFN2.